The van der Waals surface area contributed by atoms with Gasteiger partial charge in [-0.1, -0.05) is 43.3 Å². The Morgan fingerprint density at radius 1 is 1.08 bits per heavy atom. The van der Waals surface area contributed by atoms with Gasteiger partial charge in [-0.2, -0.15) is 9.61 Å². The van der Waals surface area contributed by atoms with Crippen LogP contribution in [0.3, 0.4) is 0 Å². The first-order valence-corrected chi connectivity index (χ1v) is 8.60. The van der Waals surface area contributed by atoms with Crippen molar-refractivity contribution in [1.29, 1.82) is 0 Å². The Morgan fingerprint density at radius 3 is 2.62 bits per heavy atom. The van der Waals surface area contributed by atoms with Gasteiger partial charge in [0.05, 0.1) is 5.69 Å². The molecule has 0 saturated carbocycles. The molecule has 0 saturated heterocycles. The summed E-state index contributed by atoms with van der Waals surface area (Å²) >= 11 is 0. The predicted molar refractivity (Wildman–Crippen MR) is 102 cm³/mol. The lowest BCUT2D eigenvalue weighted by Gasteiger charge is -2.10. The molecule has 0 aliphatic heterocycles. The monoisotopic (exact) mass is 345 g/mol. The molecule has 0 unspecified atom stereocenters. The molecular weight excluding hydrogens is 326 g/mol. The number of hydrogen-bond acceptors (Lipinski definition) is 4. The number of amides is 1. The van der Waals surface area contributed by atoms with Crippen molar-refractivity contribution in [3.05, 3.63) is 53.7 Å². The second kappa shape index (κ2) is 6.22. The Kier molecular flexibility index (Phi) is 3.88. The van der Waals surface area contributed by atoms with Gasteiger partial charge in [0.15, 0.2) is 11.5 Å². The number of aryl methyl sites for hydroxylation is 2. The van der Waals surface area contributed by atoms with Crippen LogP contribution in [0.5, 0.6) is 0 Å². The quantitative estimate of drug-likeness (QED) is 0.611. The maximum Gasteiger partial charge on any atom is 0.224 e. The highest BCUT2D eigenvalue weighted by molar-refractivity contribution is 5.95. The molecule has 130 valence electrons. The minimum Gasteiger partial charge on any atom is -0.326 e. The Morgan fingerprint density at radius 2 is 1.85 bits per heavy atom. The fraction of sp³-hybridized carbons (Fsp3) is 0.200. The van der Waals surface area contributed by atoms with E-state index in [-0.39, 0.29) is 5.91 Å². The average Bonchev–Trinajstić information content (AvgIpc) is 3.07. The minimum atomic E-state index is -0.0173. The number of nitrogens with zero attached hydrogens (tertiary/aromatic N) is 4. The van der Waals surface area contributed by atoms with Gasteiger partial charge < -0.3 is 5.32 Å². The Hall–Kier alpha value is -3.28. The molecule has 6 heteroatoms. The van der Waals surface area contributed by atoms with E-state index in [2.05, 4.69) is 20.6 Å². The van der Waals surface area contributed by atoms with Crippen molar-refractivity contribution in [2.45, 2.75) is 27.2 Å². The van der Waals surface area contributed by atoms with E-state index in [0.717, 1.165) is 38.9 Å². The molecule has 0 radical (unpaired) electrons. The molecule has 2 aromatic heterocycles. The normalized spacial score (nSPS) is 11.2. The molecule has 0 atom stereocenters. The number of nitrogens with one attached hydrogen (secondary N) is 1. The minimum absolute atomic E-state index is 0.0173. The summed E-state index contributed by atoms with van der Waals surface area (Å²) in [7, 11) is 0. The summed E-state index contributed by atoms with van der Waals surface area (Å²) in [5, 5.41) is 18.4. The van der Waals surface area contributed by atoms with Gasteiger partial charge in [0, 0.05) is 28.4 Å². The molecule has 0 fully saturated rings. The largest absolute Gasteiger partial charge is 0.326 e. The first-order valence-electron chi connectivity index (χ1n) is 8.60. The van der Waals surface area contributed by atoms with Crippen LogP contribution in [0.1, 0.15) is 24.6 Å². The van der Waals surface area contributed by atoms with Crippen molar-refractivity contribution in [3.63, 3.8) is 0 Å². The molecule has 0 spiro atoms. The molecule has 6 nitrogen and oxygen atoms in total. The van der Waals surface area contributed by atoms with Crippen molar-refractivity contribution < 1.29 is 4.79 Å². The van der Waals surface area contributed by atoms with Crippen molar-refractivity contribution in [2.75, 3.05) is 5.32 Å². The van der Waals surface area contributed by atoms with Gasteiger partial charge in [0.2, 0.25) is 5.91 Å². The molecular formula is C20H19N5O. The molecule has 1 N–H and O–H groups in total. The van der Waals surface area contributed by atoms with Gasteiger partial charge in [-0.3, -0.25) is 4.79 Å². The molecule has 4 aromatic rings. The lowest BCUT2D eigenvalue weighted by molar-refractivity contribution is -0.115. The SMILES string of the molecule is CCC(=O)Nc1cc(-c2nnc3c4ccccc4c(C)nn23)ccc1C. The van der Waals surface area contributed by atoms with Crippen LogP contribution in [0.25, 0.3) is 27.8 Å². The Labute approximate surface area is 150 Å². The topological polar surface area (TPSA) is 72.2 Å². The zero-order valence-electron chi connectivity index (χ0n) is 14.9. The maximum atomic E-state index is 11.8. The van der Waals surface area contributed by atoms with Crippen molar-refractivity contribution in [1.82, 2.24) is 19.8 Å². The van der Waals surface area contributed by atoms with E-state index in [4.69, 9.17) is 0 Å². The summed E-state index contributed by atoms with van der Waals surface area (Å²) in [5.74, 6) is 0.636. The number of rotatable bonds is 3. The summed E-state index contributed by atoms with van der Waals surface area (Å²) in [4.78, 5) is 11.8. The highest BCUT2D eigenvalue weighted by Gasteiger charge is 2.15. The van der Waals surface area contributed by atoms with Gasteiger partial charge >= 0.3 is 0 Å². The Balaban J connectivity index is 1.90. The second-order valence-corrected chi connectivity index (χ2v) is 6.32. The molecule has 4 rings (SSSR count). The van der Waals surface area contributed by atoms with Crippen molar-refractivity contribution in [2.24, 2.45) is 0 Å². The van der Waals surface area contributed by atoms with Gasteiger partial charge in [0.25, 0.3) is 0 Å². The molecule has 1 amide bonds. The highest BCUT2D eigenvalue weighted by atomic mass is 16.1. The molecule has 0 aliphatic rings. The summed E-state index contributed by atoms with van der Waals surface area (Å²) in [6.07, 6.45) is 0.435. The summed E-state index contributed by atoms with van der Waals surface area (Å²) < 4.78 is 1.77. The van der Waals surface area contributed by atoms with E-state index in [1.54, 1.807) is 4.52 Å². The van der Waals surface area contributed by atoms with Gasteiger partial charge in [-0.15, -0.1) is 10.2 Å². The molecule has 0 aliphatic carbocycles. The van der Waals surface area contributed by atoms with Crippen LogP contribution >= 0.6 is 0 Å². The summed E-state index contributed by atoms with van der Waals surface area (Å²) in [6, 6.07) is 13.9. The van der Waals surface area contributed by atoms with E-state index in [0.29, 0.717) is 12.2 Å². The van der Waals surface area contributed by atoms with E-state index in [1.807, 2.05) is 63.2 Å². The standard InChI is InChI=1S/C20H19N5O/c1-4-18(26)21-17-11-14(10-9-12(17)2)19-22-23-20-16-8-6-5-7-15(16)13(3)24-25(19)20/h5-11H,4H2,1-3H3,(H,21,26). The lowest BCUT2D eigenvalue weighted by Crippen LogP contribution is -2.10. The Bertz CT molecular complexity index is 1150. The number of carbonyl (C=O) groups is 1. The second-order valence-electron chi connectivity index (χ2n) is 6.32. The van der Waals surface area contributed by atoms with Crippen LogP contribution in [-0.2, 0) is 4.79 Å². The van der Waals surface area contributed by atoms with E-state index in [9.17, 15) is 4.79 Å². The fourth-order valence-corrected chi connectivity index (χ4v) is 3.05. The number of aromatic nitrogens is 4. The summed E-state index contributed by atoms with van der Waals surface area (Å²) in [6.45, 7) is 5.78. The van der Waals surface area contributed by atoms with Gasteiger partial charge in [-0.25, -0.2) is 0 Å². The van der Waals surface area contributed by atoms with Crippen LogP contribution in [0, 0.1) is 13.8 Å². The first-order chi connectivity index (χ1) is 12.6. The van der Waals surface area contributed by atoms with Crippen LogP contribution < -0.4 is 5.32 Å². The maximum absolute atomic E-state index is 11.8. The lowest BCUT2D eigenvalue weighted by atomic mass is 10.1. The zero-order valence-corrected chi connectivity index (χ0v) is 14.9. The van der Waals surface area contributed by atoms with Crippen LogP contribution in [0.2, 0.25) is 0 Å². The third-order valence-electron chi connectivity index (χ3n) is 4.54. The van der Waals surface area contributed by atoms with Crippen molar-refractivity contribution in [3.8, 4) is 11.4 Å². The summed E-state index contributed by atoms with van der Waals surface area (Å²) in [5.41, 5.74) is 4.28. The van der Waals surface area contributed by atoms with Crippen LogP contribution in [-0.4, -0.2) is 25.7 Å². The molecule has 2 aromatic carbocycles. The molecule has 2 heterocycles. The fourth-order valence-electron chi connectivity index (χ4n) is 3.05. The number of benzene rings is 2. The molecule has 0 bridgehead atoms. The smallest absolute Gasteiger partial charge is 0.224 e. The number of fused-ring (bicyclic) bond motifs is 3. The van der Waals surface area contributed by atoms with Crippen molar-refractivity contribution >= 4 is 28.0 Å². The van der Waals surface area contributed by atoms with E-state index >= 15 is 0 Å². The zero-order chi connectivity index (χ0) is 18.3. The van der Waals surface area contributed by atoms with Gasteiger partial charge in [-0.05, 0) is 25.5 Å². The van der Waals surface area contributed by atoms with E-state index < -0.39 is 0 Å². The third-order valence-corrected chi connectivity index (χ3v) is 4.54. The molecule has 26 heavy (non-hydrogen) atoms. The van der Waals surface area contributed by atoms with Gasteiger partial charge in [0.1, 0.15) is 0 Å². The number of hydrogen-bond donors (Lipinski definition) is 1. The number of anilines is 1. The number of carbonyl (C=O) groups excluding carboxylic acids is 1. The van der Waals surface area contributed by atoms with Crippen LogP contribution in [0.15, 0.2) is 42.5 Å². The first kappa shape index (κ1) is 16.2. The predicted octanol–water partition coefficient (Wildman–Crippen LogP) is 3.91. The average molecular weight is 345 g/mol. The van der Waals surface area contributed by atoms with Crippen LogP contribution in [0.4, 0.5) is 5.69 Å². The third kappa shape index (κ3) is 2.60. The highest BCUT2D eigenvalue weighted by Crippen LogP contribution is 2.27. The van der Waals surface area contributed by atoms with E-state index in [1.165, 1.54) is 0 Å².